The molecule has 0 bridgehead atoms. The van der Waals surface area contributed by atoms with Crippen LogP contribution in [0, 0.1) is 0 Å². The van der Waals surface area contributed by atoms with Crippen LogP contribution < -0.4 is 16.6 Å². The van der Waals surface area contributed by atoms with Crippen molar-refractivity contribution in [3.8, 4) is 5.69 Å². The zero-order valence-electron chi connectivity index (χ0n) is 13.4. The molecule has 0 spiro atoms. The number of anilines is 1. The third-order valence-corrected chi connectivity index (χ3v) is 4.44. The second-order valence-electron chi connectivity index (χ2n) is 5.96. The summed E-state index contributed by atoms with van der Waals surface area (Å²) in [5.74, 6) is 0.271. The normalized spacial score (nSPS) is 15.7. The van der Waals surface area contributed by atoms with Gasteiger partial charge < -0.3 is 11.1 Å². The third kappa shape index (κ3) is 3.73. The smallest absolute Gasteiger partial charge is 0.282 e. The van der Waals surface area contributed by atoms with E-state index < -0.39 is 0 Å². The van der Waals surface area contributed by atoms with E-state index in [0.717, 1.165) is 18.5 Å². The zero-order valence-corrected chi connectivity index (χ0v) is 14.2. The van der Waals surface area contributed by atoms with Crippen molar-refractivity contribution >= 4 is 29.4 Å². The summed E-state index contributed by atoms with van der Waals surface area (Å²) in [5, 5.41) is 6.50. The average molecular weight is 343 g/mol. The van der Waals surface area contributed by atoms with Gasteiger partial charge in [0.05, 0.1) is 5.69 Å². The number of thiocarbonyl (C=S) groups is 1. The molecule has 2 aromatic rings. The van der Waals surface area contributed by atoms with Gasteiger partial charge in [-0.15, -0.1) is 0 Å². The summed E-state index contributed by atoms with van der Waals surface area (Å²) in [5.41, 5.74) is 6.70. The van der Waals surface area contributed by atoms with Gasteiger partial charge in [-0.3, -0.25) is 9.89 Å². The molecule has 126 valence electrons. The minimum Gasteiger partial charge on any atom is -0.383 e. The average Bonchev–Trinajstić information content (AvgIpc) is 2.89. The maximum atomic E-state index is 12.5. The summed E-state index contributed by atoms with van der Waals surface area (Å²) >= 11 is 5.25. The molecule has 1 aromatic heterocycles. The molecule has 1 aliphatic rings. The number of aromatic nitrogens is 2. The van der Waals surface area contributed by atoms with Gasteiger partial charge in [0.15, 0.2) is 5.11 Å². The number of nitrogens with zero attached hydrogens (tertiary/aromatic N) is 2. The molecule has 0 atom stereocenters. The first-order valence-corrected chi connectivity index (χ1v) is 8.56. The summed E-state index contributed by atoms with van der Waals surface area (Å²) in [7, 11) is 0. The van der Waals surface area contributed by atoms with E-state index >= 15 is 0 Å². The Morgan fingerprint density at radius 2 is 2.00 bits per heavy atom. The number of hydrogen-bond donors (Lipinski definition) is 3. The van der Waals surface area contributed by atoms with Gasteiger partial charge in [-0.05, 0) is 37.2 Å². The van der Waals surface area contributed by atoms with Crippen molar-refractivity contribution < 1.29 is 0 Å². The van der Waals surface area contributed by atoms with E-state index in [9.17, 15) is 4.79 Å². The SMILES string of the molecule is Nc1[nH]n(-c2ccccc2)c(=O)c1C=NC(=S)NC1CCCCC1. The molecule has 6 nitrogen and oxygen atoms in total. The molecule has 1 fully saturated rings. The zero-order chi connectivity index (χ0) is 16.9. The second kappa shape index (κ2) is 7.44. The number of aromatic amines is 1. The number of H-pyrrole nitrogens is 1. The molecule has 4 N–H and O–H groups in total. The summed E-state index contributed by atoms with van der Waals surface area (Å²) in [6, 6.07) is 9.64. The van der Waals surface area contributed by atoms with Crippen LogP contribution in [0.2, 0.25) is 0 Å². The van der Waals surface area contributed by atoms with Crippen LogP contribution in [0.15, 0.2) is 40.1 Å². The number of hydrogen-bond acceptors (Lipinski definition) is 3. The second-order valence-corrected chi connectivity index (χ2v) is 6.34. The first kappa shape index (κ1) is 16.4. The first-order chi connectivity index (χ1) is 11.6. The molecule has 0 unspecified atom stereocenters. The Morgan fingerprint density at radius 3 is 2.71 bits per heavy atom. The number of nitrogens with two attached hydrogens (primary N) is 1. The highest BCUT2D eigenvalue weighted by Crippen LogP contribution is 2.17. The fraction of sp³-hybridized carbons (Fsp3) is 0.353. The molecule has 0 aliphatic heterocycles. The summed E-state index contributed by atoms with van der Waals surface area (Å²) in [4.78, 5) is 16.7. The van der Waals surface area contributed by atoms with E-state index in [0.29, 0.717) is 16.7 Å². The minimum atomic E-state index is -0.247. The van der Waals surface area contributed by atoms with Crippen LogP contribution in [0.5, 0.6) is 0 Å². The van der Waals surface area contributed by atoms with Crippen LogP contribution in [-0.4, -0.2) is 27.1 Å². The van der Waals surface area contributed by atoms with Crippen LogP contribution in [0.3, 0.4) is 0 Å². The van der Waals surface area contributed by atoms with Gasteiger partial charge in [-0.2, -0.15) is 0 Å². The van der Waals surface area contributed by atoms with Crippen molar-refractivity contribution in [2.75, 3.05) is 5.73 Å². The topological polar surface area (TPSA) is 88.2 Å². The van der Waals surface area contributed by atoms with E-state index in [1.807, 2.05) is 30.3 Å². The Hall–Kier alpha value is -2.41. The van der Waals surface area contributed by atoms with Crippen molar-refractivity contribution in [3.63, 3.8) is 0 Å². The fourth-order valence-corrected chi connectivity index (χ4v) is 3.15. The summed E-state index contributed by atoms with van der Waals surface area (Å²) in [6.07, 6.45) is 7.39. The molecular weight excluding hydrogens is 322 g/mol. The standard InChI is InChI=1S/C17H21N5OS/c18-15-14(11-19-17(24)20-12-7-3-1-4-8-12)16(23)22(21-15)13-9-5-2-6-10-13/h2,5-6,9-12,21H,1,3-4,7-8,18H2,(H,20,24). The van der Waals surface area contributed by atoms with Crippen molar-refractivity contribution in [3.05, 3.63) is 46.2 Å². The van der Waals surface area contributed by atoms with E-state index in [1.54, 1.807) is 0 Å². The van der Waals surface area contributed by atoms with Crippen LogP contribution in [0.1, 0.15) is 37.7 Å². The molecule has 1 aromatic carbocycles. The lowest BCUT2D eigenvalue weighted by Gasteiger charge is -2.22. The third-order valence-electron chi connectivity index (χ3n) is 4.21. The fourth-order valence-electron chi connectivity index (χ4n) is 2.93. The molecule has 1 heterocycles. The van der Waals surface area contributed by atoms with Gasteiger partial charge >= 0.3 is 0 Å². The molecule has 1 aliphatic carbocycles. The van der Waals surface area contributed by atoms with Crippen LogP contribution in [0.25, 0.3) is 5.69 Å². The van der Waals surface area contributed by atoms with Crippen molar-refractivity contribution in [2.45, 2.75) is 38.1 Å². The van der Waals surface area contributed by atoms with Gasteiger partial charge in [0.2, 0.25) is 0 Å². The predicted octanol–water partition coefficient (Wildman–Crippen LogP) is 2.37. The molecule has 0 radical (unpaired) electrons. The quantitative estimate of drug-likeness (QED) is 0.590. The van der Waals surface area contributed by atoms with E-state index in [4.69, 9.17) is 18.0 Å². The van der Waals surface area contributed by atoms with Crippen molar-refractivity contribution in [1.29, 1.82) is 0 Å². The highest BCUT2D eigenvalue weighted by atomic mass is 32.1. The van der Waals surface area contributed by atoms with Gasteiger partial charge in [0.1, 0.15) is 11.4 Å². The highest BCUT2D eigenvalue weighted by molar-refractivity contribution is 7.80. The Bertz CT molecular complexity index is 787. The lowest BCUT2D eigenvalue weighted by molar-refractivity contribution is 0.414. The van der Waals surface area contributed by atoms with Crippen LogP contribution in [-0.2, 0) is 0 Å². The van der Waals surface area contributed by atoms with E-state index in [2.05, 4.69) is 15.4 Å². The minimum absolute atomic E-state index is 0.247. The van der Waals surface area contributed by atoms with E-state index in [1.165, 1.54) is 30.2 Å². The summed E-state index contributed by atoms with van der Waals surface area (Å²) < 4.78 is 1.40. The van der Waals surface area contributed by atoms with Crippen molar-refractivity contribution in [2.24, 2.45) is 4.99 Å². The molecule has 24 heavy (non-hydrogen) atoms. The Balaban J connectivity index is 1.74. The molecule has 0 amide bonds. The Kier molecular flexibility index (Phi) is 5.10. The molecule has 1 saturated carbocycles. The predicted molar refractivity (Wildman–Crippen MR) is 101 cm³/mol. The van der Waals surface area contributed by atoms with Gasteiger partial charge in [0.25, 0.3) is 5.56 Å². The first-order valence-electron chi connectivity index (χ1n) is 8.15. The monoisotopic (exact) mass is 343 g/mol. The van der Waals surface area contributed by atoms with Crippen molar-refractivity contribution in [1.82, 2.24) is 15.1 Å². The Morgan fingerprint density at radius 1 is 1.29 bits per heavy atom. The molecule has 0 saturated heterocycles. The van der Waals surface area contributed by atoms with Gasteiger partial charge in [-0.1, -0.05) is 37.5 Å². The Labute approximate surface area is 145 Å². The lowest BCUT2D eigenvalue weighted by Crippen LogP contribution is -2.34. The van der Waals surface area contributed by atoms with Crippen LogP contribution >= 0.6 is 12.2 Å². The van der Waals surface area contributed by atoms with Crippen LogP contribution in [0.4, 0.5) is 5.82 Å². The molecule has 3 rings (SSSR count). The molecule has 7 heteroatoms. The number of nitrogen functional groups attached to an aromatic ring is 1. The van der Waals surface area contributed by atoms with E-state index in [-0.39, 0.29) is 11.4 Å². The summed E-state index contributed by atoms with van der Waals surface area (Å²) in [6.45, 7) is 0. The molecular formula is C17H21N5OS. The number of rotatable bonds is 3. The number of aliphatic imine (C=N–C) groups is 1. The van der Waals surface area contributed by atoms with Gasteiger partial charge in [-0.25, -0.2) is 9.67 Å². The number of para-hydroxylation sites is 1. The number of nitrogens with one attached hydrogen (secondary N) is 2. The maximum Gasteiger partial charge on any atom is 0.282 e. The highest BCUT2D eigenvalue weighted by Gasteiger charge is 2.14. The van der Waals surface area contributed by atoms with Gasteiger partial charge in [0, 0.05) is 12.3 Å². The largest absolute Gasteiger partial charge is 0.383 e. The maximum absolute atomic E-state index is 12.5. The number of benzene rings is 1. The lowest BCUT2D eigenvalue weighted by atomic mass is 9.96.